The summed E-state index contributed by atoms with van der Waals surface area (Å²) in [5.41, 5.74) is 1.01. The van der Waals surface area contributed by atoms with Crippen molar-refractivity contribution in [2.75, 3.05) is 18.0 Å². The summed E-state index contributed by atoms with van der Waals surface area (Å²) in [4.78, 5) is 37.3. The number of carboxylic acid groups (broad SMARTS) is 1. The van der Waals surface area contributed by atoms with Crippen molar-refractivity contribution < 1.29 is 19.5 Å². The van der Waals surface area contributed by atoms with Crippen molar-refractivity contribution in [3.63, 3.8) is 0 Å². The normalized spacial score (nSPS) is 21.7. The Morgan fingerprint density at radius 2 is 2.12 bits per heavy atom. The Kier molecular flexibility index (Phi) is 4.38. The minimum Gasteiger partial charge on any atom is -0.481 e. The molecule has 2 aliphatic rings. The number of benzene rings is 1. The van der Waals surface area contributed by atoms with E-state index < -0.39 is 17.3 Å². The minimum atomic E-state index is -0.864. The summed E-state index contributed by atoms with van der Waals surface area (Å²) in [7, 11) is 0. The van der Waals surface area contributed by atoms with Gasteiger partial charge in [0.2, 0.25) is 11.8 Å². The fourth-order valence-electron chi connectivity index (χ4n) is 2.95. The van der Waals surface area contributed by atoms with E-state index in [-0.39, 0.29) is 24.8 Å². The van der Waals surface area contributed by atoms with Crippen molar-refractivity contribution in [3.05, 3.63) is 28.2 Å². The molecule has 1 aromatic rings. The zero-order valence-electron chi connectivity index (χ0n) is 13.3. The highest BCUT2D eigenvalue weighted by molar-refractivity contribution is 9.10. The fourth-order valence-corrected chi connectivity index (χ4v) is 3.19. The number of halogens is 1. The Hall–Kier alpha value is -1.89. The van der Waals surface area contributed by atoms with E-state index in [1.54, 1.807) is 4.90 Å². The van der Waals surface area contributed by atoms with Gasteiger partial charge in [0, 0.05) is 29.7 Å². The van der Waals surface area contributed by atoms with Gasteiger partial charge in [-0.25, -0.2) is 0 Å². The van der Waals surface area contributed by atoms with Crippen molar-refractivity contribution in [2.45, 2.75) is 26.2 Å². The molecule has 24 heavy (non-hydrogen) atoms. The van der Waals surface area contributed by atoms with Crippen LogP contribution in [0.4, 0.5) is 5.69 Å². The fraction of sp³-hybridized carbons (Fsp3) is 0.471. The lowest BCUT2D eigenvalue weighted by molar-refractivity contribution is -0.143. The predicted octanol–water partition coefficient (Wildman–Crippen LogP) is 2.09. The van der Waals surface area contributed by atoms with E-state index in [1.165, 1.54) is 0 Å². The van der Waals surface area contributed by atoms with Crippen LogP contribution < -0.4 is 10.2 Å². The molecule has 1 heterocycles. The second-order valence-electron chi connectivity index (χ2n) is 6.64. The second-order valence-corrected chi connectivity index (χ2v) is 7.50. The summed E-state index contributed by atoms with van der Waals surface area (Å²) < 4.78 is 0.968. The third-order valence-corrected chi connectivity index (χ3v) is 5.75. The van der Waals surface area contributed by atoms with Crippen LogP contribution in [0.1, 0.15) is 24.8 Å². The molecular formula is C17H19BrN2O4. The van der Waals surface area contributed by atoms with E-state index in [4.69, 9.17) is 5.11 Å². The van der Waals surface area contributed by atoms with Crippen LogP contribution in [-0.2, 0) is 14.4 Å². The quantitative estimate of drug-likeness (QED) is 0.800. The average Bonchev–Trinajstić information content (AvgIpc) is 3.24. The molecule has 1 saturated heterocycles. The van der Waals surface area contributed by atoms with Gasteiger partial charge in [0.25, 0.3) is 0 Å². The molecule has 0 spiro atoms. The molecule has 7 heteroatoms. The average molecular weight is 395 g/mol. The van der Waals surface area contributed by atoms with Gasteiger partial charge < -0.3 is 15.3 Å². The number of carbonyl (C=O) groups excluding carboxylic acids is 2. The molecular weight excluding hydrogens is 376 g/mol. The van der Waals surface area contributed by atoms with E-state index in [0.717, 1.165) is 15.7 Å². The van der Waals surface area contributed by atoms with Crippen molar-refractivity contribution in [1.29, 1.82) is 0 Å². The monoisotopic (exact) mass is 394 g/mol. The SMILES string of the molecule is Cc1cc(N2CC(C(=O)NCC3(C(=O)O)CC3)CC2=O)ccc1Br. The number of carboxylic acids is 1. The largest absolute Gasteiger partial charge is 0.481 e. The Bertz CT molecular complexity index is 715. The Morgan fingerprint density at radius 1 is 1.42 bits per heavy atom. The zero-order valence-corrected chi connectivity index (χ0v) is 14.9. The third kappa shape index (κ3) is 3.17. The maximum absolute atomic E-state index is 12.3. The van der Waals surface area contributed by atoms with E-state index >= 15 is 0 Å². The maximum atomic E-state index is 12.3. The Morgan fingerprint density at radius 3 is 2.71 bits per heavy atom. The van der Waals surface area contributed by atoms with Crippen molar-refractivity contribution in [2.24, 2.45) is 11.3 Å². The summed E-state index contributed by atoms with van der Waals surface area (Å²) in [6, 6.07) is 5.64. The summed E-state index contributed by atoms with van der Waals surface area (Å²) in [6.45, 7) is 2.41. The molecule has 0 bridgehead atoms. The summed E-state index contributed by atoms with van der Waals surface area (Å²) in [5.74, 6) is -1.63. The van der Waals surface area contributed by atoms with Gasteiger partial charge in [0.1, 0.15) is 0 Å². The van der Waals surface area contributed by atoms with Crippen LogP contribution in [0.2, 0.25) is 0 Å². The van der Waals surface area contributed by atoms with Crippen LogP contribution in [0.25, 0.3) is 0 Å². The first-order chi connectivity index (χ1) is 11.3. The van der Waals surface area contributed by atoms with Crippen LogP contribution >= 0.6 is 15.9 Å². The molecule has 0 aromatic heterocycles. The number of hydrogen-bond acceptors (Lipinski definition) is 3. The molecule has 6 nitrogen and oxygen atoms in total. The van der Waals surface area contributed by atoms with Crippen molar-refractivity contribution in [3.8, 4) is 0 Å². The summed E-state index contributed by atoms with van der Waals surface area (Å²) in [6.07, 6.45) is 1.34. The van der Waals surface area contributed by atoms with Gasteiger partial charge in [-0.15, -0.1) is 0 Å². The van der Waals surface area contributed by atoms with Crippen molar-refractivity contribution >= 4 is 39.4 Å². The molecule has 1 aliphatic heterocycles. The third-order valence-electron chi connectivity index (χ3n) is 4.86. The number of amides is 2. The van der Waals surface area contributed by atoms with Gasteiger partial charge in [0.15, 0.2) is 0 Å². The molecule has 2 fully saturated rings. The summed E-state index contributed by atoms with van der Waals surface area (Å²) >= 11 is 3.43. The molecule has 1 saturated carbocycles. The highest BCUT2D eigenvalue weighted by Crippen LogP contribution is 2.45. The van der Waals surface area contributed by atoms with E-state index in [2.05, 4.69) is 21.2 Å². The maximum Gasteiger partial charge on any atom is 0.311 e. The highest BCUT2D eigenvalue weighted by Gasteiger charge is 2.50. The molecule has 0 radical (unpaired) electrons. The predicted molar refractivity (Wildman–Crippen MR) is 91.7 cm³/mol. The van der Waals surface area contributed by atoms with Crippen LogP contribution in [-0.4, -0.2) is 36.0 Å². The molecule has 1 unspecified atom stereocenters. The lowest BCUT2D eigenvalue weighted by Crippen LogP contribution is -2.38. The summed E-state index contributed by atoms with van der Waals surface area (Å²) in [5, 5.41) is 11.9. The number of rotatable bonds is 5. The molecule has 2 N–H and O–H groups in total. The van der Waals surface area contributed by atoms with Crippen LogP contribution in [0, 0.1) is 18.3 Å². The highest BCUT2D eigenvalue weighted by atomic mass is 79.9. The van der Waals surface area contributed by atoms with Crippen LogP contribution in [0.15, 0.2) is 22.7 Å². The first kappa shape index (κ1) is 17.0. The topological polar surface area (TPSA) is 86.7 Å². The molecule has 3 rings (SSSR count). The molecule has 1 aromatic carbocycles. The van der Waals surface area contributed by atoms with E-state index in [0.29, 0.717) is 19.4 Å². The number of aliphatic carboxylic acids is 1. The van der Waals surface area contributed by atoms with Crippen LogP contribution in [0.5, 0.6) is 0 Å². The number of anilines is 1. The van der Waals surface area contributed by atoms with Gasteiger partial charge >= 0.3 is 5.97 Å². The lowest BCUT2D eigenvalue weighted by Gasteiger charge is -2.18. The first-order valence-corrected chi connectivity index (χ1v) is 8.69. The van der Waals surface area contributed by atoms with E-state index in [1.807, 2.05) is 25.1 Å². The number of hydrogen-bond donors (Lipinski definition) is 2. The first-order valence-electron chi connectivity index (χ1n) is 7.90. The number of nitrogens with one attached hydrogen (secondary N) is 1. The number of carbonyl (C=O) groups is 3. The van der Waals surface area contributed by atoms with Gasteiger partial charge in [-0.2, -0.15) is 0 Å². The van der Waals surface area contributed by atoms with Gasteiger partial charge in [0.05, 0.1) is 11.3 Å². The van der Waals surface area contributed by atoms with Gasteiger partial charge in [-0.05, 0) is 43.5 Å². The Balaban J connectivity index is 1.62. The molecule has 1 atom stereocenters. The van der Waals surface area contributed by atoms with Gasteiger partial charge in [-0.1, -0.05) is 15.9 Å². The standard InChI is InChI=1S/C17H19BrN2O4/c1-10-6-12(2-3-13(10)18)20-8-11(7-14(20)21)15(22)19-9-17(4-5-17)16(23)24/h2-3,6,11H,4-5,7-9H2,1H3,(H,19,22)(H,23,24). The smallest absolute Gasteiger partial charge is 0.311 e. The van der Waals surface area contributed by atoms with Crippen molar-refractivity contribution in [1.82, 2.24) is 5.32 Å². The Labute approximate surface area is 148 Å². The minimum absolute atomic E-state index is 0.0868. The van der Waals surface area contributed by atoms with Gasteiger partial charge in [-0.3, -0.25) is 14.4 Å². The second kappa shape index (κ2) is 6.20. The van der Waals surface area contributed by atoms with E-state index in [9.17, 15) is 14.4 Å². The molecule has 1 aliphatic carbocycles. The number of nitrogens with zero attached hydrogens (tertiary/aromatic N) is 1. The lowest BCUT2D eigenvalue weighted by atomic mass is 10.1. The number of aryl methyl sites for hydroxylation is 1. The molecule has 128 valence electrons. The van der Waals surface area contributed by atoms with Crippen LogP contribution in [0.3, 0.4) is 0 Å². The molecule has 2 amide bonds. The zero-order chi connectivity index (χ0) is 17.5.